The van der Waals surface area contributed by atoms with Gasteiger partial charge in [0, 0.05) is 19.5 Å². The number of nitrogens with zero attached hydrogens (tertiary/aromatic N) is 3. The van der Waals surface area contributed by atoms with Gasteiger partial charge in [-0.3, -0.25) is 4.68 Å². The van der Waals surface area contributed by atoms with Crippen LogP contribution in [0.1, 0.15) is 38.9 Å². The van der Waals surface area contributed by atoms with Crippen molar-refractivity contribution in [3.05, 3.63) is 12.2 Å². The summed E-state index contributed by atoms with van der Waals surface area (Å²) in [6.07, 6.45) is 6.64. The number of hydrogen-bond acceptors (Lipinski definition) is 3. The van der Waals surface area contributed by atoms with E-state index in [1.807, 2.05) is 11.7 Å². The van der Waals surface area contributed by atoms with Gasteiger partial charge in [-0.15, -0.1) is 0 Å². The van der Waals surface area contributed by atoms with Gasteiger partial charge in [0.2, 0.25) is 0 Å². The van der Waals surface area contributed by atoms with Gasteiger partial charge in [0.1, 0.15) is 12.2 Å². The van der Waals surface area contributed by atoms with Crippen LogP contribution in [0.25, 0.3) is 0 Å². The minimum absolute atomic E-state index is 0.451. The average molecular weight is 236 g/mol. The molecule has 2 unspecified atom stereocenters. The van der Waals surface area contributed by atoms with Crippen molar-refractivity contribution in [1.29, 1.82) is 0 Å². The molecule has 0 radical (unpaired) electrons. The molecule has 96 valence electrons. The third kappa shape index (κ3) is 2.51. The van der Waals surface area contributed by atoms with Crippen molar-refractivity contribution < 1.29 is 0 Å². The Labute approximate surface area is 104 Å². The molecule has 0 aliphatic heterocycles. The van der Waals surface area contributed by atoms with Crippen LogP contribution in [0.15, 0.2) is 6.33 Å². The normalized spacial score (nSPS) is 25.1. The molecule has 0 amide bonds. The highest BCUT2D eigenvalue weighted by Gasteiger charge is 2.39. The smallest absolute Gasteiger partial charge is 0.138 e. The first-order valence-corrected chi connectivity index (χ1v) is 6.55. The number of aromatic nitrogens is 3. The Morgan fingerprint density at radius 1 is 1.59 bits per heavy atom. The van der Waals surface area contributed by atoms with Gasteiger partial charge >= 0.3 is 0 Å². The first kappa shape index (κ1) is 12.6. The number of rotatable bonds is 4. The number of hydrogen-bond donors (Lipinski definition) is 1. The molecule has 2 atom stereocenters. The summed E-state index contributed by atoms with van der Waals surface area (Å²) in [6, 6.07) is 0.510. The van der Waals surface area contributed by atoms with Crippen molar-refractivity contribution in [2.45, 2.75) is 45.6 Å². The first-order valence-electron chi connectivity index (χ1n) is 6.55. The van der Waals surface area contributed by atoms with E-state index in [2.05, 4.69) is 36.3 Å². The third-order valence-electron chi connectivity index (χ3n) is 4.40. The zero-order valence-corrected chi connectivity index (χ0v) is 11.4. The molecule has 1 aliphatic carbocycles. The predicted molar refractivity (Wildman–Crippen MR) is 68.7 cm³/mol. The molecule has 1 aromatic heterocycles. The summed E-state index contributed by atoms with van der Waals surface area (Å²) in [4.78, 5) is 4.33. The largest absolute Gasteiger partial charge is 0.316 e. The van der Waals surface area contributed by atoms with Crippen LogP contribution >= 0.6 is 0 Å². The van der Waals surface area contributed by atoms with Crippen LogP contribution < -0.4 is 5.32 Å². The number of likely N-dealkylation sites (N-methyl/N-ethyl adjacent to an activating group) is 1. The summed E-state index contributed by atoms with van der Waals surface area (Å²) >= 11 is 0. The Morgan fingerprint density at radius 3 is 2.82 bits per heavy atom. The second-order valence-electron chi connectivity index (χ2n) is 5.89. The van der Waals surface area contributed by atoms with E-state index in [0.717, 1.165) is 18.2 Å². The molecule has 1 aliphatic rings. The Kier molecular flexibility index (Phi) is 3.52. The topological polar surface area (TPSA) is 42.7 Å². The summed E-state index contributed by atoms with van der Waals surface area (Å²) in [7, 11) is 4.03. The summed E-state index contributed by atoms with van der Waals surface area (Å²) in [5.41, 5.74) is 0.451. The lowest BCUT2D eigenvalue weighted by Gasteiger charge is -2.33. The lowest BCUT2D eigenvalue weighted by atomic mass is 9.76. The van der Waals surface area contributed by atoms with E-state index in [-0.39, 0.29) is 0 Å². The standard InChI is InChI=1S/C13H24N4/c1-13(2)7-5-6-10(13)11(14-3)8-12-15-9-16-17(12)4/h9-11,14H,5-8H2,1-4H3. The molecule has 1 N–H and O–H groups in total. The van der Waals surface area contributed by atoms with E-state index >= 15 is 0 Å². The average Bonchev–Trinajstić information content (AvgIpc) is 2.82. The Morgan fingerprint density at radius 2 is 2.35 bits per heavy atom. The molecule has 17 heavy (non-hydrogen) atoms. The van der Waals surface area contributed by atoms with Crippen molar-refractivity contribution in [1.82, 2.24) is 20.1 Å². The van der Waals surface area contributed by atoms with E-state index in [1.165, 1.54) is 19.3 Å². The molecule has 1 fully saturated rings. The van der Waals surface area contributed by atoms with Gasteiger partial charge in [-0.25, -0.2) is 4.98 Å². The summed E-state index contributed by atoms with van der Waals surface area (Å²) in [6.45, 7) is 4.79. The van der Waals surface area contributed by atoms with Crippen LogP contribution in [0.5, 0.6) is 0 Å². The number of aryl methyl sites for hydroxylation is 1. The molecule has 1 heterocycles. The fourth-order valence-corrected chi connectivity index (χ4v) is 3.25. The molecule has 0 aromatic carbocycles. The fraction of sp³-hybridized carbons (Fsp3) is 0.846. The van der Waals surface area contributed by atoms with Crippen molar-refractivity contribution in [3.8, 4) is 0 Å². The molecule has 1 aromatic rings. The van der Waals surface area contributed by atoms with E-state index in [9.17, 15) is 0 Å². The molecule has 4 heteroatoms. The highest BCUT2D eigenvalue weighted by atomic mass is 15.3. The Hall–Kier alpha value is -0.900. The van der Waals surface area contributed by atoms with E-state index in [1.54, 1.807) is 6.33 Å². The Bertz CT molecular complexity index is 369. The van der Waals surface area contributed by atoms with Gasteiger partial charge in [0.25, 0.3) is 0 Å². The molecule has 0 spiro atoms. The minimum Gasteiger partial charge on any atom is -0.316 e. The van der Waals surface area contributed by atoms with Gasteiger partial charge in [-0.2, -0.15) is 5.10 Å². The minimum atomic E-state index is 0.451. The van der Waals surface area contributed by atoms with Gasteiger partial charge < -0.3 is 5.32 Å². The molecule has 1 saturated carbocycles. The highest BCUT2D eigenvalue weighted by molar-refractivity contribution is 4.97. The third-order valence-corrected chi connectivity index (χ3v) is 4.40. The molecule has 4 nitrogen and oxygen atoms in total. The first-order chi connectivity index (χ1) is 8.04. The van der Waals surface area contributed by atoms with Crippen LogP contribution in [0.4, 0.5) is 0 Å². The van der Waals surface area contributed by atoms with Gasteiger partial charge in [0.15, 0.2) is 0 Å². The zero-order valence-electron chi connectivity index (χ0n) is 11.4. The zero-order chi connectivity index (χ0) is 12.5. The second kappa shape index (κ2) is 4.77. The maximum Gasteiger partial charge on any atom is 0.138 e. The van der Waals surface area contributed by atoms with Crippen molar-refractivity contribution in [2.75, 3.05) is 7.05 Å². The van der Waals surface area contributed by atoms with E-state index in [0.29, 0.717) is 11.5 Å². The van der Waals surface area contributed by atoms with Gasteiger partial charge in [-0.1, -0.05) is 20.3 Å². The quantitative estimate of drug-likeness (QED) is 0.866. The van der Waals surface area contributed by atoms with E-state index in [4.69, 9.17) is 0 Å². The Balaban J connectivity index is 2.09. The summed E-state index contributed by atoms with van der Waals surface area (Å²) in [5, 5.41) is 7.63. The van der Waals surface area contributed by atoms with Crippen LogP contribution in [0.2, 0.25) is 0 Å². The maximum absolute atomic E-state index is 4.33. The lowest BCUT2D eigenvalue weighted by molar-refractivity contribution is 0.199. The molecule has 0 saturated heterocycles. The van der Waals surface area contributed by atoms with Crippen LogP contribution in [0.3, 0.4) is 0 Å². The number of nitrogens with one attached hydrogen (secondary N) is 1. The van der Waals surface area contributed by atoms with Gasteiger partial charge in [-0.05, 0) is 31.2 Å². The molecule has 2 rings (SSSR count). The summed E-state index contributed by atoms with van der Waals surface area (Å²) < 4.78 is 1.88. The SMILES string of the molecule is CNC(Cc1ncnn1C)C1CCCC1(C)C. The van der Waals surface area contributed by atoms with E-state index < -0.39 is 0 Å². The fourth-order valence-electron chi connectivity index (χ4n) is 3.25. The molecular weight excluding hydrogens is 212 g/mol. The van der Waals surface area contributed by atoms with Crippen molar-refractivity contribution >= 4 is 0 Å². The molecule has 0 bridgehead atoms. The van der Waals surface area contributed by atoms with Gasteiger partial charge in [0.05, 0.1) is 0 Å². The summed E-state index contributed by atoms with van der Waals surface area (Å²) in [5.74, 6) is 1.82. The second-order valence-corrected chi connectivity index (χ2v) is 5.89. The maximum atomic E-state index is 4.33. The molecular formula is C13H24N4. The van der Waals surface area contributed by atoms with Crippen LogP contribution in [-0.2, 0) is 13.5 Å². The highest BCUT2D eigenvalue weighted by Crippen LogP contribution is 2.44. The van der Waals surface area contributed by atoms with Crippen molar-refractivity contribution in [3.63, 3.8) is 0 Å². The van der Waals surface area contributed by atoms with Crippen LogP contribution in [-0.4, -0.2) is 27.9 Å². The predicted octanol–water partition coefficient (Wildman–Crippen LogP) is 1.77. The lowest BCUT2D eigenvalue weighted by Crippen LogP contribution is -2.41. The van der Waals surface area contributed by atoms with Crippen LogP contribution in [0, 0.1) is 11.3 Å². The van der Waals surface area contributed by atoms with Crippen molar-refractivity contribution in [2.24, 2.45) is 18.4 Å². The monoisotopic (exact) mass is 236 g/mol.